The second kappa shape index (κ2) is 10.2. The van der Waals surface area contributed by atoms with Crippen LogP contribution in [0.25, 0.3) is 0 Å². The van der Waals surface area contributed by atoms with E-state index < -0.39 is 5.41 Å². The van der Waals surface area contributed by atoms with Crippen molar-refractivity contribution in [3.63, 3.8) is 0 Å². The van der Waals surface area contributed by atoms with Gasteiger partial charge in [-0.1, -0.05) is 50.6 Å². The lowest BCUT2D eigenvalue weighted by atomic mass is 9.53. The number of carbonyl (C=O) groups excluding carboxylic acids is 2. The van der Waals surface area contributed by atoms with Gasteiger partial charge in [-0.3, -0.25) is 9.59 Å². The average Bonchev–Trinajstić information content (AvgIpc) is 3.34. The van der Waals surface area contributed by atoms with E-state index in [0.29, 0.717) is 13.0 Å². The predicted molar refractivity (Wildman–Crippen MR) is 141 cm³/mol. The summed E-state index contributed by atoms with van der Waals surface area (Å²) in [6.45, 7) is 4.91. The fourth-order valence-electron chi connectivity index (χ4n) is 8.52. The van der Waals surface area contributed by atoms with Crippen molar-refractivity contribution in [1.29, 1.82) is 5.26 Å². The van der Waals surface area contributed by atoms with Gasteiger partial charge >= 0.3 is 0 Å². The lowest BCUT2D eigenvalue weighted by Gasteiger charge is -2.57. The summed E-state index contributed by atoms with van der Waals surface area (Å²) < 4.78 is 0. The Morgan fingerprint density at radius 1 is 1.08 bits per heavy atom. The molecule has 1 aromatic rings. The maximum absolute atomic E-state index is 13.4. The van der Waals surface area contributed by atoms with Gasteiger partial charge in [-0.25, -0.2) is 0 Å². The van der Waals surface area contributed by atoms with Gasteiger partial charge in [0.1, 0.15) is 6.04 Å². The summed E-state index contributed by atoms with van der Waals surface area (Å²) in [5, 5.41) is 13.6. The maximum Gasteiger partial charge on any atom is 0.243 e. The molecule has 5 fully saturated rings. The highest BCUT2D eigenvalue weighted by molar-refractivity contribution is 5.88. The number of unbranched alkanes of at least 4 members (excludes halogenated alkanes) is 1. The Morgan fingerprint density at radius 2 is 1.72 bits per heavy atom. The van der Waals surface area contributed by atoms with Crippen LogP contribution in [0.3, 0.4) is 0 Å². The molecule has 5 aliphatic rings. The number of hydrogen-bond donors (Lipinski definition) is 1. The third kappa shape index (κ3) is 4.81. The Labute approximate surface area is 217 Å². The van der Waals surface area contributed by atoms with E-state index in [1.807, 2.05) is 35.2 Å². The molecule has 1 aromatic carbocycles. The number of nitriles is 1. The number of amides is 2. The van der Waals surface area contributed by atoms with Crippen molar-refractivity contribution >= 4 is 11.8 Å². The van der Waals surface area contributed by atoms with Crippen LogP contribution in [-0.2, 0) is 15.0 Å². The van der Waals surface area contributed by atoms with Gasteiger partial charge in [-0.05, 0) is 93.4 Å². The molecule has 2 amide bonds. The Morgan fingerprint density at radius 3 is 2.31 bits per heavy atom. The number of benzene rings is 1. The largest absolute Gasteiger partial charge is 0.349 e. The van der Waals surface area contributed by atoms with Gasteiger partial charge in [0.25, 0.3) is 0 Å². The summed E-state index contributed by atoms with van der Waals surface area (Å²) in [6.07, 6.45) is 12.0. The van der Waals surface area contributed by atoms with Gasteiger partial charge in [0.15, 0.2) is 0 Å². The highest BCUT2D eigenvalue weighted by atomic mass is 16.2. The van der Waals surface area contributed by atoms with Gasteiger partial charge in [0.2, 0.25) is 11.8 Å². The lowest BCUT2D eigenvalue weighted by molar-refractivity contribution is -0.141. The molecule has 1 saturated heterocycles. The molecule has 194 valence electrons. The number of carbonyl (C=O) groups is 2. The first-order chi connectivity index (χ1) is 17.3. The minimum atomic E-state index is -0.530. The maximum atomic E-state index is 13.4. The first-order valence-electron chi connectivity index (χ1n) is 14.4. The van der Waals surface area contributed by atoms with Crippen LogP contribution in [0.5, 0.6) is 0 Å². The minimum absolute atomic E-state index is 0.00193. The minimum Gasteiger partial charge on any atom is -0.349 e. The van der Waals surface area contributed by atoms with Crippen LogP contribution in [-0.4, -0.2) is 34.8 Å². The van der Waals surface area contributed by atoms with Crippen molar-refractivity contribution in [2.45, 2.75) is 108 Å². The van der Waals surface area contributed by atoms with E-state index >= 15 is 0 Å². The van der Waals surface area contributed by atoms with Crippen LogP contribution >= 0.6 is 0 Å². The molecule has 36 heavy (non-hydrogen) atoms. The highest BCUT2D eigenvalue weighted by Gasteiger charge is 2.52. The van der Waals surface area contributed by atoms with Crippen LogP contribution in [0.2, 0.25) is 0 Å². The van der Waals surface area contributed by atoms with Gasteiger partial charge in [-0.2, -0.15) is 5.26 Å². The van der Waals surface area contributed by atoms with Crippen molar-refractivity contribution in [3.8, 4) is 6.07 Å². The first-order valence-corrected chi connectivity index (χ1v) is 14.4. The Balaban J connectivity index is 1.15. The standard InChI is InChI=1S/C31H43N3O2/c1-22(2)31(21-32,26-9-4-3-5-10-26)13-7-6-12-28(35)34-14-8-11-27(34)29(36)33-30-18-23-15-24(19-30)17-25(16-23)20-30/h3-5,9-10,22-25,27H,6-8,11-20H2,1-2H3,(H,33,36)/t23?,24?,25?,27-,30?,31+/m1/s1. The van der Waals surface area contributed by atoms with Crippen LogP contribution in [0.15, 0.2) is 30.3 Å². The molecule has 0 spiro atoms. The molecule has 0 radical (unpaired) electrons. The lowest BCUT2D eigenvalue weighted by Crippen LogP contribution is -2.62. The number of likely N-dealkylation sites (tertiary alicyclic amines) is 1. The molecule has 4 bridgehead atoms. The summed E-state index contributed by atoms with van der Waals surface area (Å²) in [4.78, 5) is 28.5. The molecular weight excluding hydrogens is 446 g/mol. The molecule has 2 atom stereocenters. The van der Waals surface area contributed by atoms with Crippen molar-refractivity contribution in [2.24, 2.45) is 23.7 Å². The first kappa shape index (κ1) is 25.3. The van der Waals surface area contributed by atoms with Crippen LogP contribution in [0.1, 0.15) is 96.5 Å². The second-order valence-corrected chi connectivity index (χ2v) is 12.7. The summed E-state index contributed by atoms with van der Waals surface area (Å²) in [7, 11) is 0. The SMILES string of the molecule is CC(C)[C@@](C#N)(CCCCC(=O)N1CCC[C@@H]1C(=O)NC12CC3CC(CC(C3)C1)C2)c1ccccc1. The number of nitrogens with one attached hydrogen (secondary N) is 1. The molecule has 6 rings (SSSR count). The highest BCUT2D eigenvalue weighted by Crippen LogP contribution is 2.55. The summed E-state index contributed by atoms with van der Waals surface area (Å²) in [6, 6.07) is 12.4. The normalized spacial score (nSPS) is 32.3. The Bertz CT molecular complexity index is 962. The van der Waals surface area contributed by atoms with Crippen molar-refractivity contribution < 1.29 is 9.59 Å². The fourth-order valence-corrected chi connectivity index (χ4v) is 8.52. The van der Waals surface area contributed by atoms with E-state index in [1.165, 1.54) is 19.3 Å². The van der Waals surface area contributed by atoms with Gasteiger partial charge in [-0.15, -0.1) is 0 Å². The van der Waals surface area contributed by atoms with Crippen LogP contribution in [0, 0.1) is 35.0 Å². The molecule has 5 heteroatoms. The number of hydrogen-bond acceptors (Lipinski definition) is 3. The summed E-state index contributed by atoms with van der Waals surface area (Å²) >= 11 is 0. The van der Waals surface area contributed by atoms with E-state index in [4.69, 9.17) is 0 Å². The molecule has 4 aliphatic carbocycles. The monoisotopic (exact) mass is 489 g/mol. The zero-order valence-electron chi connectivity index (χ0n) is 22.2. The van der Waals surface area contributed by atoms with Crippen molar-refractivity contribution in [2.75, 3.05) is 6.54 Å². The molecule has 5 nitrogen and oxygen atoms in total. The molecule has 0 unspecified atom stereocenters. The Hall–Kier alpha value is -2.35. The summed E-state index contributed by atoms with van der Waals surface area (Å²) in [5.41, 5.74) is 0.533. The van der Waals surface area contributed by atoms with Gasteiger partial charge in [0.05, 0.1) is 11.5 Å². The number of nitrogens with zero attached hydrogens (tertiary/aromatic N) is 2. The molecular formula is C31H43N3O2. The number of rotatable bonds is 9. The van der Waals surface area contributed by atoms with E-state index in [9.17, 15) is 14.9 Å². The van der Waals surface area contributed by atoms with Crippen molar-refractivity contribution in [3.05, 3.63) is 35.9 Å². The topological polar surface area (TPSA) is 73.2 Å². The zero-order valence-corrected chi connectivity index (χ0v) is 22.2. The molecule has 1 heterocycles. The predicted octanol–water partition coefficient (Wildman–Crippen LogP) is 5.74. The molecule has 4 saturated carbocycles. The van der Waals surface area contributed by atoms with Crippen LogP contribution < -0.4 is 5.32 Å². The van der Waals surface area contributed by atoms with E-state index in [0.717, 1.165) is 74.7 Å². The third-order valence-corrected chi connectivity index (χ3v) is 9.99. The molecule has 1 N–H and O–H groups in total. The third-order valence-electron chi connectivity index (χ3n) is 9.99. The zero-order chi connectivity index (χ0) is 25.3. The second-order valence-electron chi connectivity index (χ2n) is 12.7. The summed E-state index contributed by atoms with van der Waals surface area (Å²) in [5.74, 6) is 2.76. The van der Waals surface area contributed by atoms with Gasteiger partial charge < -0.3 is 10.2 Å². The quantitative estimate of drug-likeness (QED) is 0.450. The van der Waals surface area contributed by atoms with Gasteiger partial charge in [0, 0.05) is 18.5 Å². The van der Waals surface area contributed by atoms with Crippen LogP contribution in [0.4, 0.5) is 0 Å². The fraction of sp³-hybridized carbons (Fsp3) is 0.710. The smallest absolute Gasteiger partial charge is 0.243 e. The molecule has 1 aliphatic heterocycles. The van der Waals surface area contributed by atoms with E-state index in [1.54, 1.807) is 0 Å². The van der Waals surface area contributed by atoms with E-state index in [-0.39, 0.29) is 29.3 Å². The van der Waals surface area contributed by atoms with E-state index in [2.05, 4.69) is 25.2 Å². The average molecular weight is 490 g/mol. The Kier molecular flexibility index (Phi) is 7.16. The van der Waals surface area contributed by atoms with Crippen molar-refractivity contribution in [1.82, 2.24) is 10.2 Å². The molecule has 0 aromatic heterocycles.